The number of methoxy groups -OCH3 is 2. The topological polar surface area (TPSA) is 107 Å². The molecule has 0 aliphatic rings. The Morgan fingerprint density at radius 2 is 1.33 bits per heavy atom. The highest BCUT2D eigenvalue weighted by atomic mass is 16.5. The zero-order chi connectivity index (χ0) is 40.4. The van der Waals surface area contributed by atoms with Gasteiger partial charge in [0.05, 0.1) is 38.8 Å². The van der Waals surface area contributed by atoms with Gasteiger partial charge in [-0.05, 0) is 104 Å². The number of ketones is 2. The molecule has 2 rings (SSSR count). The zero-order valence-corrected chi connectivity index (χ0v) is 35.2. The van der Waals surface area contributed by atoms with Crippen molar-refractivity contribution >= 4 is 29.2 Å². The predicted molar refractivity (Wildman–Crippen MR) is 223 cm³/mol. The number of unbranched alkanes of at least 4 members (excludes halogenated alkanes) is 2. The van der Waals surface area contributed by atoms with Crippen molar-refractivity contribution in [2.45, 2.75) is 120 Å². The first-order valence-electron chi connectivity index (χ1n) is 19.7. The highest BCUT2D eigenvalue weighted by molar-refractivity contribution is 6.01. The Balaban J connectivity index is 2.15. The number of Topliss-reactive ketones (excluding diaryl/α,β-unsaturated/α-hetero) is 2. The third-order valence-electron chi connectivity index (χ3n) is 10.4. The molecule has 0 radical (unpaired) electrons. The van der Waals surface area contributed by atoms with Crippen LogP contribution in [0.2, 0.25) is 0 Å². The summed E-state index contributed by atoms with van der Waals surface area (Å²) in [7, 11) is 4.96. The summed E-state index contributed by atoms with van der Waals surface area (Å²) in [6, 6.07) is 7.03. The molecular weight excluding hydrogens is 681 g/mol. The van der Waals surface area contributed by atoms with Gasteiger partial charge in [-0.3, -0.25) is 14.6 Å². The van der Waals surface area contributed by atoms with E-state index in [0.29, 0.717) is 58.7 Å². The number of allylic oxidation sites excluding steroid dienone is 4. The van der Waals surface area contributed by atoms with E-state index in [4.69, 9.17) is 23.9 Å². The largest absolute Gasteiger partial charge is 0.493 e. The minimum absolute atomic E-state index is 0.0215. The number of ether oxygens (including phenoxy) is 4. The molecular formula is C45H68N2O7. The summed E-state index contributed by atoms with van der Waals surface area (Å²) in [6.45, 7) is 18.7. The van der Waals surface area contributed by atoms with E-state index in [1.165, 1.54) is 25.0 Å². The van der Waals surface area contributed by atoms with Crippen LogP contribution in [0.25, 0.3) is 0 Å². The molecule has 300 valence electrons. The number of anilines is 1. The molecule has 0 heterocycles. The summed E-state index contributed by atoms with van der Waals surface area (Å²) in [5.41, 5.74) is 4.68. The van der Waals surface area contributed by atoms with Crippen LogP contribution in [0.3, 0.4) is 0 Å². The molecule has 4 unspecified atom stereocenters. The molecule has 0 bridgehead atoms. The monoisotopic (exact) mass is 749 g/mol. The Morgan fingerprint density at radius 1 is 0.796 bits per heavy atom. The van der Waals surface area contributed by atoms with Gasteiger partial charge in [0.1, 0.15) is 6.23 Å². The summed E-state index contributed by atoms with van der Waals surface area (Å²) in [4.78, 5) is 31.9. The molecule has 9 nitrogen and oxygen atoms in total. The van der Waals surface area contributed by atoms with Gasteiger partial charge in [0.2, 0.25) is 0 Å². The molecule has 54 heavy (non-hydrogen) atoms. The molecule has 2 aromatic rings. The van der Waals surface area contributed by atoms with Crippen molar-refractivity contribution < 1.29 is 33.6 Å². The number of aliphatic imine (C=N–C) groups is 1. The number of hydrogen-bond acceptors (Lipinski definition) is 9. The lowest BCUT2D eigenvalue weighted by Gasteiger charge is -2.36. The Morgan fingerprint density at radius 3 is 1.83 bits per heavy atom. The second-order valence-electron chi connectivity index (χ2n) is 14.5. The van der Waals surface area contributed by atoms with Crippen LogP contribution in [0.4, 0.5) is 11.4 Å². The maximum atomic E-state index is 12.8. The van der Waals surface area contributed by atoms with Gasteiger partial charge in [-0.1, -0.05) is 56.9 Å². The van der Waals surface area contributed by atoms with Crippen LogP contribution >= 0.6 is 0 Å². The van der Waals surface area contributed by atoms with Crippen molar-refractivity contribution in [3.63, 3.8) is 0 Å². The number of hydrogen-bond donors (Lipinski definition) is 1. The first-order chi connectivity index (χ1) is 25.8. The van der Waals surface area contributed by atoms with Crippen LogP contribution < -0.4 is 23.8 Å². The van der Waals surface area contributed by atoms with Crippen LogP contribution in [0.15, 0.2) is 52.6 Å². The molecule has 2 aromatic carbocycles. The van der Waals surface area contributed by atoms with Gasteiger partial charge in [0.15, 0.2) is 34.6 Å². The molecule has 0 aliphatic heterocycles. The fourth-order valence-corrected chi connectivity index (χ4v) is 6.49. The summed E-state index contributed by atoms with van der Waals surface area (Å²) >= 11 is 0. The maximum Gasteiger partial charge on any atom is 0.163 e. The van der Waals surface area contributed by atoms with Gasteiger partial charge in [-0.2, -0.15) is 0 Å². The van der Waals surface area contributed by atoms with Gasteiger partial charge < -0.3 is 29.0 Å². The lowest BCUT2D eigenvalue weighted by Crippen LogP contribution is -2.41. The average molecular weight is 749 g/mol. The van der Waals surface area contributed by atoms with Crippen molar-refractivity contribution in [3.8, 4) is 23.0 Å². The second-order valence-corrected chi connectivity index (χ2v) is 14.5. The van der Waals surface area contributed by atoms with Crippen molar-refractivity contribution in [1.82, 2.24) is 0 Å². The quantitative estimate of drug-likeness (QED) is 0.0352. The highest BCUT2D eigenvalue weighted by Crippen LogP contribution is 2.39. The number of rotatable bonds is 25. The maximum absolute atomic E-state index is 12.8. The minimum atomic E-state index is -0.806. The van der Waals surface area contributed by atoms with Crippen molar-refractivity contribution in [2.24, 2.45) is 22.7 Å². The molecule has 0 spiro atoms. The number of aliphatic hydroxyl groups is 1. The third kappa shape index (κ3) is 13.6. The molecule has 0 amide bonds. The van der Waals surface area contributed by atoms with E-state index in [9.17, 15) is 14.7 Å². The Hall–Kier alpha value is -4.11. The number of benzene rings is 2. The van der Waals surface area contributed by atoms with Crippen LogP contribution in [0.1, 0.15) is 134 Å². The molecule has 0 aromatic heterocycles. The number of carbonyl (C=O) groups excluding carboxylic acids is 2. The standard InChI is InChI=1S/C45H68N2O7/c1-13-20-35(23-30(5)14-2)29-46-39-27-43(41(51-11)25-37(39)33(8)48)53-21-18-17-19-22-54-44-28-40(38(34(9)49)26-42(44)52-12)47(10)45(50)36(32(7)16-4)24-31(6)15-3/h14-15,25-29,32,35-36,45,50H,13,16-24H2,1-12H3/b30-14-,31-15-,46-29-. The third-order valence-corrected chi connectivity index (χ3v) is 10.4. The molecule has 0 aliphatic carbocycles. The van der Waals surface area contributed by atoms with Gasteiger partial charge in [-0.25, -0.2) is 0 Å². The van der Waals surface area contributed by atoms with Crippen LogP contribution in [0, 0.1) is 17.8 Å². The smallest absolute Gasteiger partial charge is 0.163 e. The van der Waals surface area contributed by atoms with E-state index in [0.717, 1.165) is 51.4 Å². The van der Waals surface area contributed by atoms with Gasteiger partial charge in [-0.15, -0.1) is 0 Å². The molecule has 0 saturated carbocycles. The molecule has 0 saturated heterocycles. The van der Waals surface area contributed by atoms with E-state index < -0.39 is 6.23 Å². The second kappa shape index (κ2) is 23.6. The average Bonchev–Trinajstić information content (AvgIpc) is 3.16. The van der Waals surface area contributed by atoms with Gasteiger partial charge in [0.25, 0.3) is 0 Å². The summed E-state index contributed by atoms with van der Waals surface area (Å²) in [6.07, 6.45) is 12.4. The van der Waals surface area contributed by atoms with Crippen molar-refractivity contribution in [1.29, 1.82) is 0 Å². The normalized spacial score (nSPS) is 14.4. The number of aliphatic hydroxyl groups excluding tert-OH is 1. The predicted octanol–water partition coefficient (Wildman–Crippen LogP) is 11.0. The van der Waals surface area contributed by atoms with E-state index in [1.54, 1.807) is 43.4 Å². The van der Waals surface area contributed by atoms with Crippen molar-refractivity contribution in [2.75, 3.05) is 39.4 Å². The van der Waals surface area contributed by atoms with E-state index >= 15 is 0 Å². The molecule has 4 atom stereocenters. The van der Waals surface area contributed by atoms with Crippen LogP contribution in [-0.2, 0) is 0 Å². The van der Waals surface area contributed by atoms with E-state index in [-0.39, 0.29) is 29.3 Å². The zero-order valence-electron chi connectivity index (χ0n) is 35.2. The number of carbonyl (C=O) groups is 2. The molecule has 1 N–H and O–H groups in total. The number of nitrogens with zero attached hydrogens (tertiary/aromatic N) is 2. The fraction of sp³-hybridized carbons (Fsp3) is 0.578. The SMILES string of the molecule is C/C=C(/C)CC(/C=N\c1cc(OCCCCCOc2cc(N(C)C(O)C(C/C(C)=C\C)C(C)CC)c(C(C)=O)cc2OC)c(OC)cc1C(C)=O)CCC. The van der Waals surface area contributed by atoms with Crippen LogP contribution in [-0.4, -0.2) is 63.6 Å². The minimum Gasteiger partial charge on any atom is -0.493 e. The van der Waals surface area contributed by atoms with E-state index in [1.807, 2.05) is 20.2 Å². The van der Waals surface area contributed by atoms with Crippen LogP contribution in [0.5, 0.6) is 23.0 Å². The highest BCUT2D eigenvalue weighted by Gasteiger charge is 2.30. The summed E-state index contributed by atoms with van der Waals surface area (Å²) in [5.74, 6) is 2.36. The first-order valence-corrected chi connectivity index (χ1v) is 19.7. The summed E-state index contributed by atoms with van der Waals surface area (Å²) < 4.78 is 23.6. The van der Waals surface area contributed by atoms with Crippen molar-refractivity contribution in [3.05, 3.63) is 58.7 Å². The van der Waals surface area contributed by atoms with Gasteiger partial charge >= 0.3 is 0 Å². The lowest BCUT2D eigenvalue weighted by molar-refractivity contribution is 0.0756. The first kappa shape index (κ1) is 46.0. The fourth-order valence-electron chi connectivity index (χ4n) is 6.49. The lowest BCUT2D eigenvalue weighted by atomic mass is 9.84. The van der Waals surface area contributed by atoms with Gasteiger partial charge in [0, 0.05) is 42.4 Å². The Kier molecular flexibility index (Phi) is 20.1. The molecule has 0 fully saturated rings. The molecule has 9 heteroatoms. The Labute approximate surface area is 325 Å². The Bertz CT molecular complexity index is 1590. The van der Waals surface area contributed by atoms with E-state index in [2.05, 4.69) is 53.7 Å². The summed E-state index contributed by atoms with van der Waals surface area (Å²) in [5, 5.41) is 11.6.